The van der Waals surface area contributed by atoms with Crippen LogP contribution in [0.4, 0.5) is 23.0 Å². The maximum Gasteiger partial charge on any atom is 0.229 e. The van der Waals surface area contributed by atoms with Crippen molar-refractivity contribution in [3.05, 3.63) is 107 Å². The van der Waals surface area contributed by atoms with Crippen molar-refractivity contribution in [2.45, 2.75) is 12.8 Å². The van der Waals surface area contributed by atoms with Crippen molar-refractivity contribution in [1.29, 1.82) is 0 Å². The van der Waals surface area contributed by atoms with E-state index in [2.05, 4.69) is 45.8 Å². The van der Waals surface area contributed by atoms with Gasteiger partial charge in [0.05, 0.1) is 23.5 Å². The van der Waals surface area contributed by atoms with Gasteiger partial charge in [0.25, 0.3) is 0 Å². The zero-order valence-corrected chi connectivity index (χ0v) is 23.2. The van der Waals surface area contributed by atoms with Crippen LogP contribution < -0.4 is 15.5 Å². The standard InChI is InChI=1S/C32H27N7OS/c1-38-16-13-21-18-24(10-11-27(21)38)35-32-33-14-12-26(36-32)31-30(37-28-9-2-3-15-39(28)31)22-6-4-7-23(19-22)34-29(40)20-25-8-5-17-41-25/h2-12,14-15,17-19H,13,16,20H2,1H3,(H,34,40)(H,33,35,36). The van der Waals surface area contributed by atoms with Gasteiger partial charge in [-0.15, -0.1) is 11.3 Å². The van der Waals surface area contributed by atoms with Gasteiger partial charge in [-0.2, -0.15) is 0 Å². The minimum absolute atomic E-state index is 0.0514. The maximum absolute atomic E-state index is 12.7. The van der Waals surface area contributed by atoms with E-state index in [0.717, 1.165) is 57.5 Å². The molecule has 0 spiro atoms. The lowest BCUT2D eigenvalue weighted by molar-refractivity contribution is -0.115. The molecule has 1 aliphatic heterocycles. The van der Waals surface area contributed by atoms with E-state index in [1.807, 2.05) is 76.6 Å². The average Bonchev–Trinajstić information content (AvgIpc) is 3.72. The van der Waals surface area contributed by atoms with Gasteiger partial charge in [-0.25, -0.2) is 15.0 Å². The molecule has 4 aromatic heterocycles. The summed E-state index contributed by atoms with van der Waals surface area (Å²) in [6.45, 7) is 1.03. The molecule has 5 heterocycles. The molecule has 0 saturated heterocycles. The Labute approximate surface area is 241 Å². The zero-order chi connectivity index (χ0) is 27.8. The second-order valence-electron chi connectivity index (χ2n) is 10.0. The lowest BCUT2D eigenvalue weighted by Crippen LogP contribution is -2.13. The summed E-state index contributed by atoms with van der Waals surface area (Å²) in [6, 6.07) is 25.9. The number of benzene rings is 2. The number of nitrogens with zero attached hydrogens (tertiary/aromatic N) is 5. The number of hydrogen-bond donors (Lipinski definition) is 2. The number of amides is 1. The van der Waals surface area contributed by atoms with E-state index >= 15 is 0 Å². The molecule has 0 bridgehead atoms. The molecule has 0 aliphatic carbocycles. The number of aromatic nitrogens is 4. The molecule has 7 rings (SSSR count). The van der Waals surface area contributed by atoms with Crippen LogP contribution in [0.5, 0.6) is 0 Å². The smallest absolute Gasteiger partial charge is 0.229 e. The molecule has 6 aromatic rings. The van der Waals surface area contributed by atoms with Crippen LogP contribution in [-0.2, 0) is 17.6 Å². The van der Waals surface area contributed by atoms with E-state index in [1.54, 1.807) is 17.5 Å². The van der Waals surface area contributed by atoms with Gasteiger partial charge in [0, 0.05) is 53.5 Å². The number of imidazole rings is 1. The number of thiophene rings is 1. The molecule has 0 unspecified atom stereocenters. The maximum atomic E-state index is 12.7. The average molecular weight is 558 g/mol. The molecular weight excluding hydrogens is 530 g/mol. The number of nitrogens with one attached hydrogen (secondary N) is 2. The summed E-state index contributed by atoms with van der Waals surface area (Å²) in [4.78, 5) is 30.3. The minimum atomic E-state index is -0.0514. The summed E-state index contributed by atoms with van der Waals surface area (Å²) in [5, 5.41) is 8.40. The molecule has 41 heavy (non-hydrogen) atoms. The highest BCUT2D eigenvalue weighted by molar-refractivity contribution is 7.10. The van der Waals surface area contributed by atoms with E-state index in [9.17, 15) is 4.79 Å². The molecule has 202 valence electrons. The first-order valence-corrected chi connectivity index (χ1v) is 14.3. The van der Waals surface area contributed by atoms with Crippen molar-refractivity contribution in [3.8, 4) is 22.6 Å². The first-order chi connectivity index (χ1) is 20.1. The third-order valence-electron chi connectivity index (χ3n) is 7.23. The third-order valence-corrected chi connectivity index (χ3v) is 8.10. The summed E-state index contributed by atoms with van der Waals surface area (Å²) in [6.07, 6.45) is 5.12. The molecule has 0 radical (unpaired) electrons. The summed E-state index contributed by atoms with van der Waals surface area (Å²) in [5.41, 5.74) is 8.32. The monoisotopic (exact) mass is 557 g/mol. The fourth-order valence-electron chi connectivity index (χ4n) is 5.29. The Balaban J connectivity index is 1.22. The van der Waals surface area contributed by atoms with E-state index in [1.165, 1.54) is 11.3 Å². The molecule has 8 nitrogen and oxygen atoms in total. The molecular formula is C32H27N7OS. The van der Waals surface area contributed by atoms with Crippen LogP contribution in [-0.4, -0.2) is 38.9 Å². The lowest BCUT2D eigenvalue weighted by Gasteiger charge is -2.13. The SMILES string of the molecule is CN1CCc2cc(Nc3nccc(-c4c(-c5cccc(NC(=O)Cc6cccs6)c5)nc5ccccn45)n3)ccc21. The van der Waals surface area contributed by atoms with Crippen LogP contribution in [0, 0.1) is 0 Å². The Morgan fingerprint density at radius 3 is 2.83 bits per heavy atom. The zero-order valence-electron chi connectivity index (χ0n) is 22.4. The first-order valence-electron chi connectivity index (χ1n) is 13.4. The molecule has 1 amide bonds. The molecule has 0 saturated carbocycles. The predicted molar refractivity (Wildman–Crippen MR) is 165 cm³/mol. The Bertz CT molecular complexity index is 1880. The Morgan fingerprint density at radius 2 is 1.93 bits per heavy atom. The molecule has 1 aliphatic rings. The topological polar surface area (TPSA) is 87.5 Å². The van der Waals surface area contributed by atoms with Crippen LogP contribution in [0.3, 0.4) is 0 Å². The molecule has 0 fully saturated rings. The van der Waals surface area contributed by atoms with Gasteiger partial charge in [0.15, 0.2) is 0 Å². The van der Waals surface area contributed by atoms with Gasteiger partial charge < -0.3 is 15.5 Å². The van der Waals surface area contributed by atoms with Crippen LogP contribution in [0.25, 0.3) is 28.3 Å². The van der Waals surface area contributed by atoms with Gasteiger partial charge in [0.1, 0.15) is 5.65 Å². The van der Waals surface area contributed by atoms with Crippen molar-refractivity contribution in [1.82, 2.24) is 19.4 Å². The number of hydrogen-bond acceptors (Lipinski definition) is 7. The molecule has 2 N–H and O–H groups in total. The van der Waals surface area contributed by atoms with Gasteiger partial charge in [-0.1, -0.05) is 24.3 Å². The van der Waals surface area contributed by atoms with E-state index in [0.29, 0.717) is 12.4 Å². The van der Waals surface area contributed by atoms with Crippen LogP contribution >= 0.6 is 11.3 Å². The second kappa shape index (κ2) is 10.5. The van der Waals surface area contributed by atoms with E-state index in [4.69, 9.17) is 9.97 Å². The number of carbonyl (C=O) groups is 1. The van der Waals surface area contributed by atoms with Gasteiger partial charge in [-0.05, 0) is 72.0 Å². The Morgan fingerprint density at radius 1 is 0.976 bits per heavy atom. The van der Waals surface area contributed by atoms with E-state index in [-0.39, 0.29) is 5.91 Å². The third kappa shape index (κ3) is 5.03. The summed E-state index contributed by atoms with van der Waals surface area (Å²) < 4.78 is 2.04. The highest BCUT2D eigenvalue weighted by Gasteiger charge is 2.19. The fourth-order valence-corrected chi connectivity index (χ4v) is 5.99. The van der Waals surface area contributed by atoms with Crippen molar-refractivity contribution in [2.24, 2.45) is 0 Å². The minimum Gasteiger partial charge on any atom is -0.374 e. The van der Waals surface area contributed by atoms with Gasteiger partial charge in [-0.3, -0.25) is 9.20 Å². The number of anilines is 4. The Hall–Kier alpha value is -5.02. The van der Waals surface area contributed by atoms with Crippen molar-refractivity contribution in [3.63, 3.8) is 0 Å². The number of carbonyl (C=O) groups excluding carboxylic acids is 1. The second-order valence-corrected chi connectivity index (χ2v) is 11.1. The molecule has 2 aromatic carbocycles. The quantitative estimate of drug-likeness (QED) is 0.235. The fraction of sp³-hybridized carbons (Fsp3) is 0.125. The number of rotatable bonds is 7. The summed E-state index contributed by atoms with van der Waals surface area (Å²) in [7, 11) is 2.12. The first kappa shape index (κ1) is 25.0. The largest absolute Gasteiger partial charge is 0.374 e. The van der Waals surface area contributed by atoms with Gasteiger partial charge >= 0.3 is 0 Å². The highest BCUT2D eigenvalue weighted by Crippen LogP contribution is 2.34. The highest BCUT2D eigenvalue weighted by atomic mass is 32.1. The van der Waals surface area contributed by atoms with Crippen LogP contribution in [0.1, 0.15) is 10.4 Å². The van der Waals surface area contributed by atoms with Crippen molar-refractivity contribution >= 4 is 45.9 Å². The van der Waals surface area contributed by atoms with Crippen molar-refractivity contribution < 1.29 is 4.79 Å². The predicted octanol–water partition coefficient (Wildman–Crippen LogP) is 6.44. The van der Waals surface area contributed by atoms with Crippen LogP contribution in [0.2, 0.25) is 0 Å². The normalized spacial score (nSPS) is 12.5. The van der Waals surface area contributed by atoms with Gasteiger partial charge in [0.2, 0.25) is 11.9 Å². The van der Waals surface area contributed by atoms with Crippen LogP contribution in [0.15, 0.2) is 96.6 Å². The lowest BCUT2D eigenvalue weighted by atomic mass is 10.1. The van der Waals surface area contributed by atoms with Crippen molar-refractivity contribution in [2.75, 3.05) is 29.1 Å². The summed E-state index contributed by atoms with van der Waals surface area (Å²) in [5.74, 6) is 0.463. The number of likely N-dealkylation sites (N-methyl/N-ethyl adjacent to an activating group) is 1. The number of fused-ring (bicyclic) bond motifs is 2. The molecule has 9 heteroatoms. The number of pyridine rings is 1. The summed E-state index contributed by atoms with van der Waals surface area (Å²) >= 11 is 1.58. The molecule has 0 atom stereocenters. The Kier molecular flexibility index (Phi) is 6.41. The van der Waals surface area contributed by atoms with E-state index < -0.39 is 0 Å².